The summed E-state index contributed by atoms with van der Waals surface area (Å²) in [5.41, 5.74) is 5.43. The zero-order valence-corrected chi connectivity index (χ0v) is 17.3. The Kier molecular flexibility index (Phi) is 5.34. The number of rotatable bonds is 6. The molecule has 0 aliphatic carbocycles. The number of nitrogens with zero attached hydrogens (tertiary/aromatic N) is 6. The van der Waals surface area contributed by atoms with Crippen molar-refractivity contribution in [2.75, 3.05) is 10.7 Å². The summed E-state index contributed by atoms with van der Waals surface area (Å²) in [6.45, 7) is 3.85. The Morgan fingerprint density at radius 2 is 1.86 bits per heavy atom. The van der Waals surface area contributed by atoms with E-state index >= 15 is 0 Å². The Morgan fingerprint density at radius 3 is 2.55 bits per heavy atom. The van der Waals surface area contributed by atoms with Crippen molar-refractivity contribution in [3.63, 3.8) is 0 Å². The smallest absolute Gasteiger partial charge is 0.257 e. The van der Waals surface area contributed by atoms with Gasteiger partial charge in [-0.3, -0.25) is 0 Å². The van der Waals surface area contributed by atoms with Gasteiger partial charge in [-0.15, -0.1) is 0 Å². The first-order valence-electron chi connectivity index (χ1n) is 8.72. The van der Waals surface area contributed by atoms with Crippen LogP contribution in [0.5, 0.6) is 0 Å². The van der Waals surface area contributed by atoms with Crippen LogP contribution in [0.15, 0.2) is 62.7 Å². The first-order chi connectivity index (χ1) is 14.1. The lowest BCUT2D eigenvalue weighted by molar-refractivity contribution is 0.560. The standard InChI is InChI=1S/C19H17BrN8O/c1-12-10-13(2)28(27-12)19-24-17(22-15-7-5-14(20)6-8-15)23-18(25-19)26-21-11-16-4-3-9-29-16/h3-11H,1-2H3,(H2,22,23,24,25,26)/b21-11+. The topological polar surface area (TPSA) is 106 Å². The Labute approximate surface area is 175 Å². The van der Waals surface area contributed by atoms with E-state index in [2.05, 4.69) is 51.8 Å². The molecular formula is C19H17BrN8O. The molecule has 1 aromatic carbocycles. The van der Waals surface area contributed by atoms with Gasteiger partial charge in [0.05, 0.1) is 18.2 Å². The van der Waals surface area contributed by atoms with Gasteiger partial charge in [-0.1, -0.05) is 15.9 Å². The van der Waals surface area contributed by atoms with Crippen LogP contribution in [0.3, 0.4) is 0 Å². The van der Waals surface area contributed by atoms with Crippen LogP contribution in [-0.4, -0.2) is 30.9 Å². The van der Waals surface area contributed by atoms with Gasteiger partial charge in [0.1, 0.15) is 5.76 Å². The molecule has 0 spiro atoms. The number of furan rings is 1. The van der Waals surface area contributed by atoms with Crippen molar-refractivity contribution >= 4 is 39.7 Å². The van der Waals surface area contributed by atoms with Crippen LogP contribution in [0.1, 0.15) is 17.1 Å². The first-order valence-corrected chi connectivity index (χ1v) is 9.51. The van der Waals surface area contributed by atoms with Crippen molar-refractivity contribution < 1.29 is 4.42 Å². The molecule has 10 heteroatoms. The van der Waals surface area contributed by atoms with Crippen molar-refractivity contribution in [1.29, 1.82) is 0 Å². The molecule has 4 aromatic rings. The van der Waals surface area contributed by atoms with E-state index in [4.69, 9.17) is 4.42 Å². The molecule has 0 saturated heterocycles. The van der Waals surface area contributed by atoms with E-state index in [9.17, 15) is 0 Å². The molecule has 0 bridgehead atoms. The SMILES string of the molecule is Cc1cc(C)n(-c2nc(N/N=C/c3ccco3)nc(Nc3ccc(Br)cc3)n2)n1. The van der Waals surface area contributed by atoms with E-state index in [0.717, 1.165) is 21.5 Å². The second-order valence-corrected chi connectivity index (χ2v) is 7.05. The summed E-state index contributed by atoms with van der Waals surface area (Å²) in [6, 6.07) is 13.2. The van der Waals surface area contributed by atoms with Crippen LogP contribution in [0, 0.1) is 13.8 Å². The molecular weight excluding hydrogens is 436 g/mol. The van der Waals surface area contributed by atoms with Gasteiger partial charge >= 0.3 is 0 Å². The molecule has 0 aliphatic rings. The summed E-state index contributed by atoms with van der Waals surface area (Å²) >= 11 is 3.43. The van der Waals surface area contributed by atoms with Crippen molar-refractivity contribution in [3.05, 3.63) is 70.3 Å². The zero-order chi connectivity index (χ0) is 20.2. The van der Waals surface area contributed by atoms with Gasteiger partial charge in [-0.25, -0.2) is 10.1 Å². The van der Waals surface area contributed by atoms with Crippen LogP contribution in [-0.2, 0) is 0 Å². The first kappa shape index (κ1) is 18.8. The van der Waals surface area contributed by atoms with Gasteiger partial charge in [0, 0.05) is 15.9 Å². The van der Waals surface area contributed by atoms with Gasteiger partial charge in [0.15, 0.2) is 0 Å². The minimum absolute atomic E-state index is 0.268. The van der Waals surface area contributed by atoms with E-state index in [1.165, 1.54) is 6.21 Å². The van der Waals surface area contributed by atoms with Crippen molar-refractivity contribution in [3.8, 4) is 5.95 Å². The fourth-order valence-corrected chi connectivity index (χ4v) is 2.84. The van der Waals surface area contributed by atoms with Gasteiger partial charge in [0.2, 0.25) is 11.9 Å². The lowest BCUT2D eigenvalue weighted by atomic mass is 10.3. The summed E-state index contributed by atoms with van der Waals surface area (Å²) in [5.74, 6) is 1.62. The van der Waals surface area contributed by atoms with Crippen molar-refractivity contribution in [2.45, 2.75) is 13.8 Å². The molecule has 3 heterocycles. The molecule has 4 rings (SSSR count). The summed E-state index contributed by atoms with van der Waals surface area (Å²) in [7, 11) is 0. The lowest BCUT2D eigenvalue weighted by Crippen LogP contribution is -2.11. The van der Waals surface area contributed by atoms with Crippen LogP contribution in [0.25, 0.3) is 5.95 Å². The molecule has 0 aliphatic heterocycles. The maximum absolute atomic E-state index is 5.22. The molecule has 29 heavy (non-hydrogen) atoms. The van der Waals surface area contributed by atoms with E-state index < -0.39 is 0 Å². The monoisotopic (exact) mass is 452 g/mol. The quantitative estimate of drug-likeness (QED) is 0.333. The summed E-state index contributed by atoms with van der Waals surface area (Å²) in [5, 5.41) is 11.7. The Bertz CT molecular complexity index is 1140. The predicted molar refractivity (Wildman–Crippen MR) is 114 cm³/mol. The van der Waals surface area contributed by atoms with Crippen molar-refractivity contribution in [1.82, 2.24) is 24.7 Å². The summed E-state index contributed by atoms with van der Waals surface area (Å²) in [6.07, 6.45) is 3.11. The number of anilines is 3. The number of nitrogens with one attached hydrogen (secondary N) is 2. The molecule has 9 nitrogen and oxygen atoms in total. The maximum atomic E-state index is 5.22. The number of hydrogen-bond donors (Lipinski definition) is 2. The predicted octanol–water partition coefficient (Wildman–Crippen LogP) is 4.22. The average Bonchev–Trinajstić information content (AvgIpc) is 3.33. The van der Waals surface area contributed by atoms with E-state index in [1.807, 2.05) is 44.2 Å². The number of halogens is 1. The largest absolute Gasteiger partial charge is 0.463 e. The Morgan fingerprint density at radius 1 is 1.07 bits per heavy atom. The van der Waals surface area contributed by atoms with Gasteiger partial charge < -0.3 is 9.73 Å². The molecule has 0 saturated carbocycles. The summed E-state index contributed by atoms with van der Waals surface area (Å²) in [4.78, 5) is 13.3. The molecule has 0 fully saturated rings. The molecule has 3 aromatic heterocycles. The van der Waals surface area contributed by atoms with Crippen molar-refractivity contribution in [2.24, 2.45) is 5.10 Å². The van der Waals surface area contributed by atoms with E-state index in [1.54, 1.807) is 23.1 Å². The van der Waals surface area contributed by atoms with Gasteiger partial charge in [0.25, 0.3) is 5.95 Å². The second-order valence-electron chi connectivity index (χ2n) is 6.14. The van der Waals surface area contributed by atoms with Crippen LogP contribution >= 0.6 is 15.9 Å². The highest BCUT2D eigenvalue weighted by molar-refractivity contribution is 9.10. The highest BCUT2D eigenvalue weighted by atomic mass is 79.9. The van der Waals surface area contributed by atoms with E-state index in [0.29, 0.717) is 17.7 Å². The zero-order valence-electron chi connectivity index (χ0n) is 15.7. The highest BCUT2D eigenvalue weighted by Crippen LogP contribution is 2.19. The van der Waals surface area contributed by atoms with Crippen LogP contribution < -0.4 is 10.7 Å². The Balaban J connectivity index is 1.66. The molecule has 146 valence electrons. The molecule has 0 amide bonds. The third-order valence-corrected chi connectivity index (χ3v) is 4.35. The lowest BCUT2D eigenvalue weighted by Gasteiger charge is -2.09. The Hall–Kier alpha value is -3.53. The average molecular weight is 453 g/mol. The normalized spacial score (nSPS) is 11.1. The molecule has 0 atom stereocenters. The van der Waals surface area contributed by atoms with E-state index in [-0.39, 0.29) is 5.95 Å². The highest BCUT2D eigenvalue weighted by Gasteiger charge is 2.12. The minimum Gasteiger partial charge on any atom is -0.463 e. The number of hydrazone groups is 1. The fourth-order valence-electron chi connectivity index (χ4n) is 2.58. The van der Waals surface area contributed by atoms with Gasteiger partial charge in [-0.2, -0.15) is 25.2 Å². The fraction of sp³-hybridized carbons (Fsp3) is 0.105. The maximum Gasteiger partial charge on any atom is 0.257 e. The summed E-state index contributed by atoms with van der Waals surface area (Å²) < 4.78 is 7.86. The van der Waals surface area contributed by atoms with Crippen LogP contribution in [0.2, 0.25) is 0 Å². The third kappa shape index (κ3) is 4.66. The number of benzene rings is 1. The molecule has 0 unspecified atom stereocenters. The minimum atomic E-state index is 0.268. The third-order valence-electron chi connectivity index (χ3n) is 3.82. The number of hydrogen-bond acceptors (Lipinski definition) is 8. The number of aromatic nitrogens is 5. The molecule has 0 radical (unpaired) electrons. The van der Waals surface area contributed by atoms with Crippen LogP contribution in [0.4, 0.5) is 17.6 Å². The van der Waals surface area contributed by atoms with Gasteiger partial charge in [-0.05, 0) is 56.3 Å². The second kappa shape index (κ2) is 8.23. The molecule has 2 N–H and O–H groups in total. The number of aryl methyl sites for hydroxylation is 2.